The minimum Gasteiger partial charge on any atom is -0.492 e. The van der Waals surface area contributed by atoms with Gasteiger partial charge in [-0.3, -0.25) is 0 Å². The Kier molecular flexibility index (Phi) is 6.23. The topological polar surface area (TPSA) is 89.7 Å². The van der Waals surface area contributed by atoms with Gasteiger partial charge < -0.3 is 4.74 Å². The monoisotopic (exact) mass is 491 g/mol. The van der Waals surface area contributed by atoms with Crippen molar-refractivity contribution in [3.8, 4) is 5.75 Å². The normalized spacial score (nSPS) is 11.6. The molecule has 0 aliphatic rings. The summed E-state index contributed by atoms with van der Waals surface area (Å²) >= 11 is 12.2. The summed E-state index contributed by atoms with van der Waals surface area (Å²) in [5.74, 6) is 0.841. The second-order valence-electron chi connectivity index (χ2n) is 6.91. The Balaban J connectivity index is 1.74. The van der Waals surface area contributed by atoms with E-state index in [1.54, 1.807) is 26.0 Å². The van der Waals surface area contributed by atoms with Crippen LogP contribution in [0.15, 0.2) is 59.5 Å². The summed E-state index contributed by atoms with van der Waals surface area (Å²) in [5, 5.41) is 5.24. The van der Waals surface area contributed by atoms with E-state index in [-0.39, 0.29) is 29.8 Å². The minimum atomic E-state index is -4.01. The van der Waals surface area contributed by atoms with E-state index in [1.165, 1.54) is 28.8 Å². The molecule has 0 fully saturated rings. The van der Waals surface area contributed by atoms with Crippen molar-refractivity contribution in [2.45, 2.75) is 18.7 Å². The molecular weight excluding hydrogens is 473 g/mol. The number of rotatable bonds is 7. The number of benzene rings is 2. The van der Waals surface area contributed by atoms with E-state index in [0.717, 1.165) is 4.31 Å². The van der Waals surface area contributed by atoms with Crippen molar-refractivity contribution in [3.63, 3.8) is 0 Å². The van der Waals surface area contributed by atoms with Crippen molar-refractivity contribution in [3.05, 3.63) is 76.0 Å². The molecule has 0 radical (unpaired) electrons. The highest BCUT2D eigenvalue weighted by Crippen LogP contribution is 2.25. The number of fused-ring (bicyclic) bond motifs is 1. The average molecular weight is 492 g/mol. The van der Waals surface area contributed by atoms with Crippen molar-refractivity contribution < 1.29 is 13.2 Å². The molecule has 0 saturated heterocycles. The van der Waals surface area contributed by atoms with E-state index in [0.29, 0.717) is 27.2 Å². The molecule has 4 rings (SSSR count). The van der Waals surface area contributed by atoms with Crippen LogP contribution in [0.2, 0.25) is 10.0 Å². The SMILES string of the molecule is Cc1nc2nc(N(CCOc3ccccc3)S(=O)(=O)c3ccc(Cl)cc3)nn2c(C)c1Cl. The summed E-state index contributed by atoms with van der Waals surface area (Å²) in [6, 6.07) is 15.0. The fourth-order valence-corrected chi connectivity index (χ4v) is 4.66. The van der Waals surface area contributed by atoms with E-state index >= 15 is 0 Å². The lowest BCUT2D eigenvalue weighted by Gasteiger charge is -2.21. The maximum absolute atomic E-state index is 13.5. The summed E-state index contributed by atoms with van der Waals surface area (Å²) in [6.07, 6.45) is 0. The van der Waals surface area contributed by atoms with Crippen molar-refractivity contribution in [1.82, 2.24) is 19.6 Å². The number of hydrogen-bond donors (Lipinski definition) is 0. The van der Waals surface area contributed by atoms with E-state index in [1.807, 2.05) is 18.2 Å². The zero-order valence-electron chi connectivity index (χ0n) is 17.2. The molecular formula is C21H19Cl2N5O3S. The van der Waals surface area contributed by atoms with Gasteiger partial charge in [-0.25, -0.2) is 17.7 Å². The molecule has 0 aliphatic heterocycles. The molecule has 166 valence electrons. The van der Waals surface area contributed by atoms with Gasteiger partial charge in [-0.05, 0) is 50.2 Å². The molecule has 0 spiro atoms. The summed E-state index contributed by atoms with van der Waals surface area (Å²) in [4.78, 5) is 8.73. The average Bonchev–Trinajstić information content (AvgIpc) is 3.19. The van der Waals surface area contributed by atoms with Gasteiger partial charge >= 0.3 is 0 Å². The van der Waals surface area contributed by atoms with Crippen LogP contribution < -0.4 is 9.04 Å². The highest BCUT2D eigenvalue weighted by molar-refractivity contribution is 7.92. The predicted octanol–water partition coefficient (Wildman–Crippen LogP) is 4.32. The van der Waals surface area contributed by atoms with Crippen LogP contribution in [-0.4, -0.2) is 41.2 Å². The Morgan fingerprint density at radius 2 is 1.69 bits per heavy atom. The van der Waals surface area contributed by atoms with Crippen LogP contribution in [0.3, 0.4) is 0 Å². The third-order valence-electron chi connectivity index (χ3n) is 4.73. The fraction of sp³-hybridized carbons (Fsp3) is 0.190. The van der Waals surface area contributed by atoms with Crippen molar-refractivity contribution in [1.29, 1.82) is 0 Å². The maximum atomic E-state index is 13.5. The molecule has 0 bridgehead atoms. The van der Waals surface area contributed by atoms with Crippen molar-refractivity contribution >= 4 is 45.0 Å². The number of para-hydroxylation sites is 1. The molecule has 4 aromatic rings. The van der Waals surface area contributed by atoms with E-state index in [9.17, 15) is 8.42 Å². The Hall–Kier alpha value is -2.88. The predicted molar refractivity (Wildman–Crippen MR) is 123 cm³/mol. The van der Waals surface area contributed by atoms with Crippen LogP contribution in [0.5, 0.6) is 5.75 Å². The number of halogens is 2. The first-order chi connectivity index (χ1) is 15.3. The van der Waals surface area contributed by atoms with Gasteiger partial charge in [0.1, 0.15) is 12.4 Å². The van der Waals surface area contributed by atoms with Gasteiger partial charge in [-0.15, -0.1) is 5.10 Å². The van der Waals surface area contributed by atoms with Crippen LogP contribution in [-0.2, 0) is 10.0 Å². The third-order valence-corrected chi connectivity index (χ3v) is 7.32. The van der Waals surface area contributed by atoms with Gasteiger partial charge in [-0.2, -0.15) is 9.50 Å². The number of sulfonamides is 1. The lowest BCUT2D eigenvalue weighted by Crippen LogP contribution is -2.35. The van der Waals surface area contributed by atoms with Crippen molar-refractivity contribution in [2.75, 3.05) is 17.5 Å². The third kappa shape index (κ3) is 4.36. The molecule has 0 amide bonds. The zero-order valence-corrected chi connectivity index (χ0v) is 19.6. The number of ether oxygens (including phenoxy) is 1. The fourth-order valence-electron chi connectivity index (χ4n) is 3.07. The van der Waals surface area contributed by atoms with Crippen LogP contribution in [0, 0.1) is 13.8 Å². The van der Waals surface area contributed by atoms with Gasteiger partial charge in [0.25, 0.3) is 21.7 Å². The standard InChI is InChI=1S/C21H19Cl2N5O3S/c1-14-19(23)15(2)28-20(24-14)25-21(26-28)27(12-13-31-17-6-4-3-5-7-17)32(29,30)18-10-8-16(22)9-11-18/h3-11H,12-13H2,1-2H3. The van der Waals surface area contributed by atoms with Gasteiger partial charge in [0.2, 0.25) is 0 Å². The van der Waals surface area contributed by atoms with E-state index < -0.39 is 10.0 Å². The van der Waals surface area contributed by atoms with Crippen LogP contribution >= 0.6 is 23.2 Å². The Morgan fingerprint density at radius 3 is 2.38 bits per heavy atom. The van der Waals surface area contributed by atoms with Crippen LogP contribution in [0.1, 0.15) is 11.4 Å². The highest BCUT2D eigenvalue weighted by Gasteiger charge is 2.29. The van der Waals surface area contributed by atoms with E-state index in [4.69, 9.17) is 27.9 Å². The summed E-state index contributed by atoms with van der Waals surface area (Å²) in [6.45, 7) is 3.57. The quantitative estimate of drug-likeness (QED) is 0.382. The molecule has 0 atom stereocenters. The van der Waals surface area contributed by atoms with Crippen LogP contribution in [0.25, 0.3) is 5.78 Å². The first-order valence-electron chi connectivity index (χ1n) is 9.63. The second kappa shape index (κ2) is 8.93. The van der Waals surface area contributed by atoms with Crippen LogP contribution in [0.4, 0.5) is 5.95 Å². The second-order valence-corrected chi connectivity index (χ2v) is 9.59. The lowest BCUT2D eigenvalue weighted by atomic mass is 10.3. The number of anilines is 1. The van der Waals surface area contributed by atoms with Gasteiger partial charge in [-0.1, -0.05) is 41.4 Å². The van der Waals surface area contributed by atoms with Gasteiger partial charge in [0, 0.05) is 5.02 Å². The van der Waals surface area contributed by atoms with Crippen molar-refractivity contribution in [2.24, 2.45) is 0 Å². The maximum Gasteiger partial charge on any atom is 0.266 e. The Labute approximate surface area is 195 Å². The minimum absolute atomic E-state index is 0.0253. The lowest BCUT2D eigenvalue weighted by molar-refractivity contribution is 0.328. The first kappa shape index (κ1) is 22.3. The smallest absolute Gasteiger partial charge is 0.266 e. The number of nitrogens with zero attached hydrogens (tertiary/aromatic N) is 5. The molecule has 2 heterocycles. The molecule has 2 aromatic heterocycles. The summed E-state index contributed by atoms with van der Waals surface area (Å²) in [5.41, 5.74) is 1.19. The molecule has 0 saturated carbocycles. The number of aromatic nitrogens is 4. The molecule has 0 aliphatic carbocycles. The summed E-state index contributed by atoms with van der Waals surface area (Å²) < 4.78 is 35.2. The largest absolute Gasteiger partial charge is 0.492 e. The molecule has 0 unspecified atom stereocenters. The zero-order chi connectivity index (χ0) is 22.9. The number of hydrogen-bond acceptors (Lipinski definition) is 6. The Bertz CT molecular complexity index is 1360. The molecule has 32 heavy (non-hydrogen) atoms. The Morgan fingerprint density at radius 1 is 1.00 bits per heavy atom. The molecule has 11 heteroatoms. The highest BCUT2D eigenvalue weighted by atomic mass is 35.5. The molecule has 8 nitrogen and oxygen atoms in total. The molecule has 2 aromatic carbocycles. The molecule has 0 N–H and O–H groups in total. The summed E-state index contributed by atoms with van der Waals surface area (Å²) in [7, 11) is -4.01. The van der Waals surface area contributed by atoms with Gasteiger partial charge in [0.15, 0.2) is 0 Å². The van der Waals surface area contributed by atoms with Gasteiger partial charge in [0.05, 0.1) is 27.9 Å². The number of aryl methyl sites for hydroxylation is 2. The first-order valence-corrected chi connectivity index (χ1v) is 11.8. The van der Waals surface area contributed by atoms with E-state index in [2.05, 4.69) is 15.1 Å².